The molecule has 3 aromatic heterocycles. The molecule has 2 saturated heterocycles. The van der Waals surface area contributed by atoms with Gasteiger partial charge in [-0.25, -0.2) is 18.4 Å². The largest absolute Gasteiger partial charge is 0.433 e. The number of ketones is 1. The maximum absolute atomic E-state index is 14.0. The van der Waals surface area contributed by atoms with Crippen molar-refractivity contribution in [2.24, 2.45) is 0 Å². The maximum atomic E-state index is 14.0. The summed E-state index contributed by atoms with van der Waals surface area (Å²) in [5, 5.41) is 5.00. The summed E-state index contributed by atoms with van der Waals surface area (Å²) in [7, 11) is -3.82. The number of para-hydroxylation sites is 1. The number of hydrogen-bond acceptors (Lipinski definition) is 8. The van der Waals surface area contributed by atoms with Crippen molar-refractivity contribution in [1.29, 1.82) is 0 Å². The third-order valence-corrected chi connectivity index (χ3v) is 9.99. The molecule has 0 radical (unpaired) electrons. The van der Waals surface area contributed by atoms with Crippen LogP contribution in [0.3, 0.4) is 0 Å². The molecule has 46 heavy (non-hydrogen) atoms. The van der Waals surface area contributed by atoms with E-state index in [1.54, 1.807) is 32.0 Å². The average Bonchev–Trinajstić information content (AvgIpc) is 3.68. The summed E-state index contributed by atoms with van der Waals surface area (Å²) < 4.78 is 71.2. The average molecular weight is 650 g/mol. The fourth-order valence-corrected chi connectivity index (χ4v) is 7.78. The van der Waals surface area contributed by atoms with E-state index in [-0.39, 0.29) is 35.0 Å². The first kappa shape index (κ1) is 29.8. The van der Waals surface area contributed by atoms with Crippen LogP contribution < -0.4 is 15.2 Å². The summed E-state index contributed by atoms with van der Waals surface area (Å²) in [6, 6.07) is 9.62. The van der Waals surface area contributed by atoms with Crippen LogP contribution in [0.5, 0.6) is 11.6 Å². The van der Waals surface area contributed by atoms with Crippen molar-refractivity contribution in [3.05, 3.63) is 88.9 Å². The number of morpholine rings is 1. The smallest absolute Gasteiger partial charge is 0.302 e. The van der Waals surface area contributed by atoms with E-state index < -0.39 is 33.4 Å². The molecule has 0 amide bonds. The van der Waals surface area contributed by atoms with Gasteiger partial charge in [0.15, 0.2) is 11.6 Å². The highest BCUT2D eigenvalue weighted by Crippen LogP contribution is 2.34. The summed E-state index contributed by atoms with van der Waals surface area (Å²) in [6.07, 6.45) is 4.23. The zero-order chi connectivity index (χ0) is 32.3. The highest BCUT2D eigenvalue weighted by atomic mass is 32.2. The van der Waals surface area contributed by atoms with Crippen LogP contribution in [0.2, 0.25) is 0 Å². The Morgan fingerprint density at radius 3 is 2.48 bits per heavy atom. The summed E-state index contributed by atoms with van der Waals surface area (Å²) >= 11 is 0. The second kappa shape index (κ2) is 11.2. The van der Waals surface area contributed by atoms with E-state index >= 15 is 0 Å². The van der Waals surface area contributed by atoms with Gasteiger partial charge in [-0.1, -0.05) is 6.07 Å². The van der Waals surface area contributed by atoms with E-state index in [9.17, 15) is 22.0 Å². The van der Waals surface area contributed by atoms with Gasteiger partial charge in [0, 0.05) is 17.0 Å². The second-order valence-corrected chi connectivity index (χ2v) is 13.0. The summed E-state index contributed by atoms with van der Waals surface area (Å²) in [4.78, 5) is 20.8. The van der Waals surface area contributed by atoms with Crippen LogP contribution in [0, 0.1) is 25.5 Å². The predicted molar refractivity (Wildman–Crippen MR) is 165 cm³/mol. The van der Waals surface area contributed by atoms with E-state index in [1.165, 1.54) is 33.5 Å². The first-order valence-corrected chi connectivity index (χ1v) is 15.9. The molecule has 15 heteroatoms. The fourth-order valence-electron chi connectivity index (χ4n) is 6.06. The molecular formula is C31H29F2N7O5S. The summed E-state index contributed by atoms with van der Waals surface area (Å²) in [5.41, 5.74) is 9.38. The van der Waals surface area contributed by atoms with Gasteiger partial charge >= 0.3 is 10.2 Å². The molecule has 2 unspecified atom stereocenters. The van der Waals surface area contributed by atoms with Crippen LogP contribution in [0.4, 0.5) is 20.3 Å². The minimum absolute atomic E-state index is 0.0420. The van der Waals surface area contributed by atoms with Gasteiger partial charge in [-0.05, 0) is 68.1 Å². The summed E-state index contributed by atoms with van der Waals surface area (Å²) in [6.45, 7) is 4.26. The molecule has 2 aliphatic rings. The van der Waals surface area contributed by atoms with E-state index in [4.69, 9.17) is 15.2 Å². The van der Waals surface area contributed by atoms with Gasteiger partial charge in [-0.3, -0.25) is 9.52 Å². The molecule has 2 atom stereocenters. The number of aryl methyl sites for hydroxylation is 2. The Labute approximate surface area is 262 Å². The lowest BCUT2D eigenvalue weighted by Gasteiger charge is -2.33. The molecule has 2 bridgehead atoms. The predicted octanol–water partition coefficient (Wildman–Crippen LogP) is 4.77. The van der Waals surface area contributed by atoms with Gasteiger partial charge in [-0.2, -0.15) is 17.8 Å². The molecule has 2 fully saturated rings. The lowest BCUT2D eigenvalue weighted by atomic mass is 10.1. The third-order valence-electron chi connectivity index (χ3n) is 8.36. The molecule has 5 heterocycles. The quantitative estimate of drug-likeness (QED) is 0.203. The number of pyridine rings is 1. The molecule has 7 rings (SSSR count). The molecule has 12 nitrogen and oxygen atoms in total. The topological polar surface area (TPSA) is 157 Å². The van der Waals surface area contributed by atoms with Crippen LogP contribution in [0.1, 0.15) is 40.0 Å². The van der Waals surface area contributed by atoms with Gasteiger partial charge in [-0.15, -0.1) is 0 Å². The minimum atomic E-state index is -3.82. The standard InChI is InChI=1S/C31H29F2N7O5S/c1-16-8-18-10-26(37-25(18)11-24(16)38-46(42,43)40-19-6-7-20(40)15-44-14-19)29(41)21-12-36-39(31(21)34)27-13-35-28(9-17(27)2)45-30-22(32)4-3-5-23(30)33/h3-5,8-13,19-20,37-38H,6-7,14-15,34H2,1-2H3. The number of nitrogen functional groups attached to an aromatic ring is 1. The Hall–Kier alpha value is -4.86. The number of benzene rings is 2. The Balaban J connectivity index is 1.13. The number of H-pyrrole nitrogens is 1. The van der Waals surface area contributed by atoms with Crippen molar-refractivity contribution in [3.8, 4) is 17.3 Å². The number of fused-ring (bicyclic) bond motifs is 3. The highest BCUT2D eigenvalue weighted by Gasteiger charge is 2.44. The number of hydrogen-bond donors (Lipinski definition) is 3. The van der Waals surface area contributed by atoms with E-state index in [2.05, 4.69) is 19.8 Å². The van der Waals surface area contributed by atoms with Gasteiger partial charge < -0.3 is 20.2 Å². The highest BCUT2D eigenvalue weighted by molar-refractivity contribution is 7.90. The number of rotatable bonds is 8. The fraction of sp³-hybridized carbons (Fsp3) is 0.258. The minimum Gasteiger partial charge on any atom is -0.433 e. The lowest BCUT2D eigenvalue weighted by Crippen LogP contribution is -2.51. The molecule has 2 aliphatic heterocycles. The molecule has 5 aromatic rings. The third kappa shape index (κ3) is 5.15. The van der Waals surface area contributed by atoms with E-state index in [1.807, 2.05) is 0 Å². The van der Waals surface area contributed by atoms with Crippen LogP contribution >= 0.6 is 0 Å². The first-order valence-electron chi connectivity index (χ1n) is 14.5. The molecule has 238 valence electrons. The number of carbonyl (C=O) groups excluding carboxylic acids is 1. The van der Waals surface area contributed by atoms with Crippen molar-refractivity contribution in [2.75, 3.05) is 23.7 Å². The van der Waals surface area contributed by atoms with Crippen LogP contribution in [-0.4, -0.2) is 63.6 Å². The number of aromatic nitrogens is 4. The van der Waals surface area contributed by atoms with Crippen molar-refractivity contribution < 1.29 is 31.5 Å². The number of halogens is 2. The van der Waals surface area contributed by atoms with Crippen LogP contribution in [-0.2, 0) is 14.9 Å². The lowest BCUT2D eigenvalue weighted by molar-refractivity contribution is 0.0272. The Morgan fingerprint density at radius 1 is 1.07 bits per heavy atom. The number of nitrogens with two attached hydrogens (primary N) is 1. The van der Waals surface area contributed by atoms with Gasteiger partial charge in [0.25, 0.3) is 0 Å². The summed E-state index contributed by atoms with van der Waals surface area (Å²) in [5.74, 6) is -2.73. The molecule has 0 spiro atoms. The number of anilines is 2. The molecule has 4 N–H and O–H groups in total. The molecule has 0 saturated carbocycles. The van der Waals surface area contributed by atoms with Crippen LogP contribution in [0.25, 0.3) is 16.6 Å². The number of nitrogens with zero attached hydrogens (tertiary/aromatic N) is 4. The molecule has 2 aromatic carbocycles. The van der Waals surface area contributed by atoms with E-state index in [0.29, 0.717) is 46.6 Å². The molecular weight excluding hydrogens is 620 g/mol. The van der Waals surface area contributed by atoms with Gasteiger partial charge in [0.2, 0.25) is 17.4 Å². The van der Waals surface area contributed by atoms with Crippen molar-refractivity contribution in [1.82, 2.24) is 24.1 Å². The number of aromatic amines is 1. The monoisotopic (exact) mass is 649 g/mol. The first-order chi connectivity index (χ1) is 22.0. The number of nitrogens with one attached hydrogen (secondary N) is 2. The van der Waals surface area contributed by atoms with Crippen molar-refractivity contribution in [2.45, 2.75) is 38.8 Å². The Bertz CT molecular complexity index is 2090. The zero-order valence-corrected chi connectivity index (χ0v) is 25.6. The van der Waals surface area contributed by atoms with Gasteiger partial charge in [0.1, 0.15) is 5.82 Å². The van der Waals surface area contributed by atoms with Gasteiger partial charge in [0.05, 0.1) is 60.3 Å². The Morgan fingerprint density at radius 2 is 1.78 bits per heavy atom. The van der Waals surface area contributed by atoms with Crippen LogP contribution in [0.15, 0.2) is 54.9 Å². The zero-order valence-electron chi connectivity index (χ0n) is 24.8. The number of carbonyl (C=O) groups is 1. The molecule has 0 aliphatic carbocycles. The Kier molecular flexibility index (Phi) is 7.25. The van der Waals surface area contributed by atoms with Crippen molar-refractivity contribution >= 4 is 38.4 Å². The SMILES string of the molecule is Cc1cc2cc(C(=O)c3cnn(-c4cnc(Oc5c(F)cccc5F)cc4C)c3N)[nH]c2cc1NS(=O)(=O)N1C2CCC1COC2. The number of ether oxygens (including phenoxy) is 2. The van der Waals surface area contributed by atoms with Crippen molar-refractivity contribution in [3.63, 3.8) is 0 Å². The maximum Gasteiger partial charge on any atom is 0.302 e. The van der Waals surface area contributed by atoms with E-state index in [0.717, 1.165) is 25.0 Å². The second-order valence-electron chi connectivity index (χ2n) is 11.4. The normalized spacial score (nSPS) is 18.3.